The minimum absolute atomic E-state index is 0.265. The van der Waals surface area contributed by atoms with Crippen molar-refractivity contribution >= 4 is 34.9 Å². The second kappa shape index (κ2) is 11.2. The normalized spacial score (nSPS) is 13.6. The van der Waals surface area contributed by atoms with Crippen LogP contribution in [0, 0.1) is 5.92 Å². The molecule has 34 heavy (non-hydrogen) atoms. The van der Waals surface area contributed by atoms with Crippen molar-refractivity contribution in [3.8, 4) is 11.4 Å². The Morgan fingerprint density at radius 1 is 1.06 bits per heavy atom. The van der Waals surface area contributed by atoms with E-state index in [-0.39, 0.29) is 5.91 Å². The Kier molecular flexibility index (Phi) is 7.60. The summed E-state index contributed by atoms with van der Waals surface area (Å²) in [6.45, 7) is 2.36. The third kappa shape index (κ3) is 6.04. The van der Waals surface area contributed by atoms with E-state index in [1.54, 1.807) is 48.9 Å². The predicted molar refractivity (Wildman–Crippen MR) is 133 cm³/mol. The number of aromatic amines is 1. The molecule has 174 valence electrons. The van der Waals surface area contributed by atoms with Crippen molar-refractivity contribution in [2.75, 3.05) is 10.6 Å². The largest absolute Gasteiger partial charge is 0.337 e. The Balaban J connectivity index is 0.000000336. The minimum Gasteiger partial charge on any atom is -0.337 e. The summed E-state index contributed by atoms with van der Waals surface area (Å²) in [7, 11) is 0. The molecule has 4 aromatic rings. The number of carbonyl (C=O) groups excluding carboxylic acids is 2. The molecule has 3 aromatic heterocycles. The first kappa shape index (κ1) is 23.1. The van der Waals surface area contributed by atoms with E-state index in [0.717, 1.165) is 17.0 Å². The molecular formula is C26H28N6O2. The van der Waals surface area contributed by atoms with E-state index in [9.17, 15) is 9.59 Å². The maximum absolute atomic E-state index is 12.2. The molecule has 3 heterocycles. The number of nitrogens with zero attached hydrogens (tertiary/aromatic N) is 3. The Hall–Kier alpha value is -4.07. The summed E-state index contributed by atoms with van der Waals surface area (Å²) in [6.07, 6.45) is 12.8. The number of imidazole rings is 1. The van der Waals surface area contributed by atoms with Crippen LogP contribution >= 0.6 is 0 Å². The Labute approximate surface area is 198 Å². The number of anilines is 2. The highest BCUT2D eigenvalue weighted by atomic mass is 16.1. The molecule has 8 heteroatoms. The second-order valence-corrected chi connectivity index (χ2v) is 8.44. The van der Waals surface area contributed by atoms with E-state index in [0.29, 0.717) is 34.8 Å². The molecule has 1 aliphatic rings. The number of carbonyl (C=O) groups is 2. The van der Waals surface area contributed by atoms with E-state index in [1.165, 1.54) is 32.1 Å². The number of aromatic nitrogens is 4. The maximum Gasteiger partial charge on any atom is 0.256 e. The standard InChI is InChI=1S/C19H14N6O2.C7H14/c26-11-22-14-3-1-12(2-4-14)18-23-15-9-17(21-10-16(15)24-18)25-19(27)13-5-7-20-8-6-13;1-7-5-3-2-4-6-7/h1-11H,(H,22,26)(H,23,24)(H,21,25,27);7H,2-6H2,1H3. The van der Waals surface area contributed by atoms with E-state index in [1.807, 2.05) is 12.1 Å². The maximum atomic E-state index is 12.2. The second-order valence-electron chi connectivity index (χ2n) is 8.44. The van der Waals surface area contributed by atoms with Gasteiger partial charge in [0.05, 0.1) is 17.2 Å². The van der Waals surface area contributed by atoms with Crippen LogP contribution in [0.2, 0.25) is 0 Å². The quantitative estimate of drug-likeness (QED) is 0.347. The van der Waals surface area contributed by atoms with E-state index < -0.39 is 0 Å². The first-order chi connectivity index (χ1) is 16.6. The van der Waals surface area contributed by atoms with Crippen LogP contribution in [0.5, 0.6) is 0 Å². The zero-order valence-corrected chi connectivity index (χ0v) is 19.1. The Morgan fingerprint density at radius 3 is 2.44 bits per heavy atom. The van der Waals surface area contributed by atoms with Gasteiger partial charge in [0.2, 0.25) is 6.41 Å². The lowest BCUT2D eigenvalue weighted by Gasteiger charge is -2.15. The van der Waals surface area contributed by atoms with Crippen LogP contribution in [0.3, 0.4) is 0 Å². The van der Waals surface area contributed by atoms with Crippen LogP contribution in [0.4, 0.5) is 11.5 Å². The van der Waals surface area contributed by atoms with Gasteiger partial charge in [0.25, 0.3) is 5.91 Å². The van der Waals surface area contributed by atoms with E-state index >= 15 is 0 Å². The van der Waals surface area contributed by atoms with Gasteiger partial charge < -0.3 is 15.6 Å². The van der Waals surface area contributed by atoms with Crippen molar-refractivity contribution in [3.05, 3.63) is 66.6 Å². The topological polar surface area (TPSA) is 113 Å². The zero-order chi connectivity index (χ0) is 23.8. The number of amides is 2. The summed E-state index contributed by atoms with van der Waals surface area (Å²) in [6, 6.07) is 12.2. The minimum atomic E-state index is -0.265. The average molecular weight is 457 g/mol. The zero-order valence-electron chi connectivity index (χ0n) is 19.1. The van der Waals surface area contributed by atoms with Crippen molar-refractivity contribution in [2.24, 2.45) is 5.92 Å². The van der Waals surface area contributed by atoms with Gasteiger partial charge in [-0.15, -0.1) is 0 Å². The van der Waals surface area contributed by atoms with Gasteiger partial charge in [0.1, 0.15) is 11.6 Å². The van der Waals surface area contributed by atoms with Gasteiger partial charge in [-0.3, -0.25) is 14.6 Å². The van der Waals surface area contributed by atoms with Crippen LogP contribution in [0.15, 0.2) is 61.1 Å². The summed E-state index contributed by atoms with van der Waals surface area (Å²) in [5.74, 6) is 1.85. The first-order valence-corrected chi connectivity index (χ1v) is 11.5. The molecule has 0 atom stereocenters. The first-order valence-electron chi connectivity index (χ1n) is 11.5. The molecule has 1 fully saturated rings. The fraction of sp³-hybridized carbons (Fsp3) is 0.269. The third-order valence-corrected chi connectivity index (χ3v) is 5.83. The van der Waals surface area contributed by atoms with Gasteiger partial charge in [-0.1, -0.05) is 39.0 Å². The summed E-state index contributed by atoms with van der Waals surface area (Å²) in [5, 5.41) is 5.33. The molecule has 0 aliphatic heterocycles. The number of pyridine rings is 2. The summed E-state index contributed by atoms with van der Waals surface area (Å²) in [5.41, 5.74) is 3.50. The SMILES string of the molecule is CC1CCCCC1.O=CNc1ccc(-c2nc3cc(NC(=O)c4ccncc4)ncc3[nH]2)cc1. The Morgan fingerprint density at radius 2 is 1.79 bits per heavy atom. The highest BCUT2D eigenvalue weighted by molar-refractivity contribution is 6.04. The van der Waals surface area contributed by atoms with Gasteiger partial charge in [0, 0.05) is 35.3 Å². The monoisotopic (exact) mass is 456 g/mol. The number of H-pyrrole nitrogens is 1. The van der Waals surface area contributed by atoms with Gasteiger partial charge in [-0.25, -0.2) is 9.97 Å². The third-order valence-electron chi connectivity index (χ3n) is 5.83. The van der Waals surface area contributed by atoms with Crippen molar-refractivity contribution in [1.82, 2.24) is 19.9 Å². The van der Waals surface area contributed by atoms with Crippen LogP contribution in [0.1, 0.15) is 49.4 Å². The number of fused-ring (bicyclic) bond motifs is 1. The molecule has 1 saturated carbocycles. The fourth-order valence-corrected chi connectivity index (χ4v) is 3.91. The number of rotatable bonds is 5. The van der Waals surface area contributed by atoms with E-state index in [2.05, 4.69) is 37.5 Å². The molecular weight excluding hydrogens is 428 g/mol. The molecule has 0 spiro atoms. The molecule has 1 aromatic carbocycles. The lowest BCUT2D eigenvalue weighted by Crippen LogP contribution is -2.12. The molecule has 0 radical (unpaired) electrons. The smallest absolute Gasteiger partial charge is 0.256 e. The molecule has 1 aliphatic carbocycles. The van der Waals surface area contributed by atoms with Crippen LogP contribution in [-0.4, -0.2) is 32.3 Å². The summed E-state index contributed by atoms with van der Waals surface area (Å²) in [4.78, 5) is 38.6. The van der Waals surface area contributed by atoms with Crippen LogP contribution < -0.4 is 10.6 Å². The number of hydrogen-bond acceptors (Lipinski definition) is 5. The number of nitrogens with one attached hydrogen (secondary N) is 3. The lowest BCUT2D eigenvalue weighted by molar-refractivity contribution is -0.105. The van der Waals surface area contributed by atoms with Crippen molar-refractivity contribution in [2.45, 2.75) is 39.0 Å². The summed E-state index contributed by atoms with van der Waals surface area (Å²) < 4.78 is 0. The molecule has 0 unspecified atom stereocenters. The predicted octanol–water partition coefficient (Wildman–Crippen LogP) is 5.43. The molecule has 8 nitrogen and oxygen atoms in total. The molecule has 3 N–H and O–H groups in total. The van der Waals surface area contributed by atoms with Crippen molar-refractivity contribution < 1.29 is 9.59 Å². The highest BCUT2D eigenvalue weighted by Crippen LogP contribution is 2.23. The molecule has 0 bridgehead atoms. The van der Waals surface area contributed by atoms with Crippen molar-refractivity contribution in [1.29, 1.82) is 0 Å². The van der Waals surface area contributed by atoms with Crippen LogP contribution in [-0.2, 0) is 4.79 Å². The fourth-order valence-electron chi connectivity index (χ4n) is 3.91. The van der Waals surface area contributed by atoms with E-state index in [4.69, 9.17) is 0 Å². The lowest BCUT2D eigenvalue weighted by atomic mass is 9.91. The highest BCUT2D eigenvalue weighted by Gasteiger charge is 2.10. The summed E-state index contributed by atoms with van der Waals surface area (Å²) >= 11 is 0. The van der Waals surface area contributed by atoms with Gasteiger partial charge in [0.15, 0.2) is 0 Å². The van der Waals surface area contributed by atoms with Crippen molar-refractivity contribution in [3.63, 3.8) is 0 Å². The van der Waals surface area contributed by atoms with Gasteiger partial charge in [-0.05, 0) is 42.3 Å². The number of benzene rings is 1. The van der Waals surface area contributed by atoms with Gasteiger partial charge in [-0.2, -0.15) is 0 Å². The molecule has 5 rings (SSSR count). The Bertz CT molecular complexity index is 1230. The number of hydrogen-bond donors (Lipinski definition) is 3. The van der Waals surface area contributed by atoms with Crippen LogP contribution in [0.25, 0.3) is 22.4 Å². The molecule has 0 saturated heterocycles. The average Bonchev–Trinajstić information content (AvgIpc) is 3.30. The molecule has 2 amide bonds. The van der Waals surface area contributed by atoms with Gasteiger partial charge >= 0.3 is 0 Å².